The molecule has 0 saturated carbocycles. The monoisotopic (exact) mass is 304 g/mol. The van der Waals surface area contributed by atoms with Crippen molar-refractivity contribution in [3.05, 3.63) is 36.2 Å². The summed E-state index contributed by atoms with van der Waals surface area (Å²) in [5.41, 5.74) is 0.752. The predicted octanol–water partition coefficient (Wildman–Crippen LogP) is 2.38. The number of fused-ring (bicyclic) bond motifs is 1. The lowest BCUT2D eigenvalue weighted by molar-refractivity contribution is 0.360. The maximum atomic E-state index is 11.5. The zero-order valence-corrected chi connectivity index (χ0v) is 11.8. The van der Waals surface area contributed by atoms with Crippen LogP contribution in [-0.2, 0) is 9.84 Å². The smallest absolute Gasteiger partial charge is 0.238 e. The first kappa shape index (κ1) is 12.6. The molecule has 6 nitrogen and oxygen atoms in total. The van der Waals surface area contributed by atoms with Crippen LogP contribution in [0.25, 0.3) is 22.6 Å². The highest BCUT2D eigenvalue weighted by Crippen LogP contribution is 2.30. The summed E-state index contributed by atoms with van der Waals surface area (Å²) < 4.78 is 33.9. The number of rotatable bonds is 2. The summed E-state index contributed by atoms with van der Waals surface area (Å²) in [7, 11) is -2.97. The summed E-state index contributed by atoms with van der Waals surface area (Å²) >= 11 is 0. The van der Waals surface area contributed by atoms with Gasteiger partial charge in [-0.05, 0) is 18.6 Å². The number of hydrogen-bond donors (Lipinski definition) is 0. The average molecular weight is 304 g/mol. The number of para-hydroxylation sites is 1. The van der Waals surface area contributed by atoms with Crippen molar-refractivity contribution in [1.82, 2.24) is 10.1 Å². The van der Waals surface area contributed by atoms with Gasteiger partial charge in [-0.2, -0.15) is 4.98 Å². The SMILES string of the molecule is O=S1(=O)CCC(c2nc(-c3cc4ccccc4o3)no2)C1. The highest BCUT2D eigenvalue weighted by atomic mass is 32.2. The van der Waals surface area contributed by atoms with Crippen LogP contribution in [0.5, 0.6) is 0 Å². The van der Waals surface area contributed by atoms with E-state index in [0.717, 1.165) is 11.0 Å². The molecule has 1 aromatic carbocycles. The Bertz CT molecular complexity index is 877. The quantitative estimate of drug-likeness (QED) is 0.722. The zero-order chi connectivity index (χ0) is 14.4. The molecule has 0 radical (unpaired) electrons. The molecule has 0 N–H and O–H groups in total. The van der Waals surface area contributed by atoms with Crippen molar-refractivity contribution in [2.75, 3.05) is 11.5 Å². The molecule has 1 saturated heterocycles. The second kappa shape index (κ2) is 4.42. The van der Waals surface area contributed by atoms with Crippen LogP contribution in [0, 0.1) is 0 Å². The van der Waals surface area contributed by atoms with Gasteiger partial charge in [-0.3, -0.25) is 0 Å². The van der Waals surface area contributed by atoms with Crippen molar-refractivity contribution in [2.24, 2.45) is 0 Å². The van der Waals surface area contributed by atoms with Crippen molar-refractivity contribution in [3.63, 3.8) is 0 Å². The summed E-state index contributed by atoms with van der Waals surface area (Å²) in [6.45, 7) is 0. The molecule has 1 unspecified atom stereocenters. The molecule has 0 spiro atoms. The predicted molar refractivity (Wildman–Crippen MR) is 75.5 cm³/mol. The van der Waals surface area contributed by atoms with Gasteiger partial charge in [-0.25, -0.2) is 8.42 Å². The van der Waals surface area contributed by atoms with Crippen molar-refractivity contribution in [2.45, 2.75) is 12.3 Å². The van der Waals surface area contributed by atoms with Gasteiger partial charge in [-0.15, -0.1) is 0 Å². The van der Waals surface area contributed by atoms with Crippen molar-refractivity contribution in [1.29, 1.82) is 0 Å². The Morgan fingerprint density at radius 3 is 2.86 bits per heavy atom. The molecule has 2 aromatic heterocycles. The number of aromatic nitrogens is 2. The highest BCUT2D eigenvalue weighted by molar-refractivity contribution is 7.91. The van der Waals surface area contributed by atoms with E-state index in [1.54, 1.807) is 0 Å². The van der Waals surface area contributed by atoms with Gasteiger partial charge in [0.2, 0.25) is 11.7 Å². The summed E-state index contributed by atoms with van der Waals surface area (Å²) in [5, 5.41) is 4.86. The van der Waals surface area contributed by atoms with E-state index in [-0.39, 0.29) is 17.4 Å². The molecule has 4 rings (SSSR count). The average Bonchev–Trinajstić information content (AvgIpc) is 3.14. The second-order valence-corrected chi connectivity index (χ2v) is 7.43. The van der Waals surface area contributed by atoms with Crippen LogP contribution >= 0.6 is 0 Å². The molecule has 1 fully saturated rings. The number of sulfone groups is 1. The van der Waals surface area contributed by atoms with Gasteiger partial charge in [0.15, 0.2) is 15.6 Å². The van der Waals surface area contributed by atoms with E-state index in [9.17, 15) is 8.42 Å². The topological polar surface area (TPSA) is 86.2 Å². The third kappa shape index (κ3) is 2.23. The molecule has 21 heavy (non-hydrogen) atoms. The van der Waals surface area contributed by atoms with E-state index in [1.807, 2.05) is 30.3 Å². The van der Waals surface area contributed by atoms with Crippen LogP contribution in [-0.4, -0.2) is 30.1 Å². The van der Waals surface area contributed by atoms with E-state index in [4.69, 9.17) is 8.94 Å². The lowest BCUT2D eigenvalue weighted by Crippen LogP contribution is -2.03. The molecular formula is C14H12N2O4S. The lowest BCUT2D eigenvalue weighted by Gasteiger charge is -1.97. The van der Waals surface area contributed by atoms with Crippen molar-refractivity contribution >= 4 is 20.8 Å². The van der Waals surface area contributed by atoms with Gasteiger partial charge in [0, 0.05) is 5.39 Å². The Hall–Kier alpha value is -2.15. The largest absolute Gasteiger partial charge is 0.453 e. The normalized spacial score (nSPS) is 21.0. The molecule has 3 aromatic rings. The summed E-state index contributed by atoms with van der Waals surface area (Å²) in [4.78, 5) is 4.29. The Morgan fingerprint density at radius 2 is 2.10 bits per heavy atom. The molecule has 0 amide bonds. The van der Waals surface area contributed by atoms with Gasteiger partial charge < -0.3 is 8.94 Å². The maximum Gasteiger partial charge on any atom is 0.238 e. The van der Waals surface area contributed by atoms with E-state index in [0.29, 0.717) is 23.9 Å². The number of nitrogens with zero attached hydrogens (tertiary/aromatic N) is 2. The fourth-order valence-electron chi connectivity index (χ4n) is 2.58. The fourth-order valence-corrected chi connectivity index (χ4v) is 4.32. The molecule has 1 aliphatic rings. The molecular weight excluding hydrogens is 292 g/mol. The molecule has 0 bridgehead atoms. The van der Waals surface area contributed by atoms with Crippen LogP contribution in [0.3, 0.4) is 0 Å². The summed E-state index contributed by atoms with van der Waals surface area (Å²) in [6.07, 6.45) is 0.532. The van der Waals surface area contributed by atoms with Crippen molar-refractivity contribution < 1.29 is 17.4 Å². The van der Waals surface area contributed by atoms with Crippen LogP contribution < -0.4 is 0 Å². The second-order valence-electron chi connectivity index (χ2n) is 5.20. The first-order chi connectivity index (χ1) is 10.1. The third-order valence-electron chi connectivity index (χ3n) is 3.67. The molecule has 0 aliphatic carbocycles. The van der Waals surface area contributed by atoms with Crippen molar-refractivity contribution in [3.8, 4) is 11.6 Å². The van der Waals surface area contributed by atoms with Crippen LogP contribution in [0.1, 0.15) is 18.2 Å². The van der Waals surface area contributed by atoms with Crippen LogP contribution in [0.4, 0.5) is 0 Å². The number of benzene rings is 1. The molecule has 3 heterocycles. The molecule has 108 valence electrons. The number of hydrogen-bond acceptors (Lipinski definition) is 6. The summed E-state index contributed by atoms with van der Waals surface area (Å²) in [6, 6.07) is 9.46. The van der Waals surface area contributed by atoms with E-state index < -0.39 is 9.84 Å². The van der Waals surface area contributed by atoms with Crippen LogP contribution in [0.15, 0.2) is 39.3 Å². The van der Waals surface area contributed by atoms with Crippen LogP contribution in [0.2, 0.25) is 0 Å². The van der Waals surface area contributed by atoms with Gasteiger partial charge in [0.1, 0.15) is 5.58 Å². The molecule has 1 atom stereocenters. The van der Waals surface area contributed by atoms with E-state index in [2.05, 4.69) is 10.1 Å². The highest BCUT2D eigenvalue weighted by Gasteiger charge is 2.33. The summed E-state index contributed by atoms with van der Waals surface area (Å²) in [5.74, 6) is 1.29. The Morgan fingerprint density at radius 1 is 1.24 bits per heavy atom. The fraction of sp³-hybridized carbons (Fsp3) is 0.286. The Labute approximate surface area is 120 Å². The van der Waals surface area contributed by atoms with Gasteiger partial charge in [0.25, 0.3) is 0 Å². The molecule has 1 aliphatic heterocycles. The Balaban J connectivity index is 1.68. The lowest BCUT2D eigenvalue weighted by atomic mass is 10.1. The van der Waals surface area contributed by atoms with Gasteiger partial charge in [-0.1, -0.05) is 23.4 Å². The Kier molecular flexibility index (Phi) is 2.65. The van der Waals surface area contributed by atoms with E-state index in [1.165, 1.54) is 0 Å². The minimum absolute atomic E-state index is 0.0781. The minimum Gasteiger partial charge on any atom is -0.453 e. The first-order valence-electron chi connectivity index (χ1n) is 6.64. The van der Waals surface area contributed by atoms with Gasteiger partial charge >= 0.3 is 0 Å². The third-order valence-corrected chi connectivity index (χ3v) is 5.44. The standard InChI is InChI=1S/C14H12N2O4S/c17-21(18)6-5-10(8-21)14-15-13(16-20-14)12-7-9-3-1-2-4-11(9)19-12/h1-4,7,10H,5-6,8H2. The first-order valence-corrected chi connectivity index (χ1v) is 8.46. The van der Waals surface area contributed by atoms with Gasteiger partial charge in [0.05, 0.1) is 17.4 Å². The van der Waals surface area contributed by atoms with E-state index >= 15 is 0 Å². The zero-order valence-electron chi connectivity index (χ0n) is 11.0. The maximum absolute atomic E-state index is 11.5. The molecule has 7 heteroatoms. The number of furan rings is 1. The minimum atomic E-state index is -2.97.